The smallest absolute Gasteiger partial charge is 0.466 e. The van der Waals surface area contributed by atoms with Crippen molar-refractivity contribution in [2.45, 2.75) is 31.5 Å². The Labute approximate surface area is 244 Å². The van der Waals surface area contributed by atoms with Crippen LogP contribution in [0.5, 0.6) is 5.75 Å². The van der Waals surface area contributed by atoms with Crippen LogP contribution in [0.3, 0.4) is 0 Å². The number of hydrogen-bond donors (Lipinski definition) is 0. The second-order valence-electron chi connectivity index (χ2n) is 9.42. The highest BCUT2D eigenvalue weighted by molar-refractivity contribution is 7.85. The first-order valence-corrected chi connectivity index (χ1v) is 15.2. The molecule has 42 heavy (non-hydrogen) atoms. The Hall–Kier alpha value is -2.91. The molecule has 0 amide bonds. The summed E-state index contributed by atoms with van der Waals surface area (Å²) in [4.78, 5) is 16.4. The van der Waals surface area contributed by atoms with Crippen molar-refractivity contribution in [1.82, 2.24) is 4.90 Å². The average Bonchev–Trinajstić information content (AvgIpc) is 2.94. The second-order valence-corrected chi connectivity index (χ2v) is 11.1. The van der Waals surface area contributed by atoms with Gasteiger partial charge in [0.25, 0.3) is 10.1 Å². The van der Waals surface area contributed by atoms with Crippen LogP contribution in [0, 0.1) is 0 Å². The number of esters is 1. The van der Waals surface area contributed by atoms with Crippen molar-refractivity contribution in [3.05, 3.63) is 60.2 Å². The lowest BCUT2D eigenvalue weighted by Gasteiger charge is -2.40. The fourth-order valence-electron chi connectivity index (χ4n) is 4.39. The third kappa shape index (κ3) is 12.5. The Kier molecular flexibility index (Phi) is 13.3. The number of alkyl halides is 3. The number of carbonyl (C=O) groups is 1. The standard InChI is InChI=1S/C28H37F3N2O8S/c1-2-39-27(34)20-25(21-38-17-16-37-18-19-40-42(35,36)22-23-6-4-3-5-7-23)33-14-12-32(13-15-33)24-8-10-26(11-9-24)41-28(29,30)31/h3-11,25H,2,12-22H2,1H3. The Morgan fingerprint density at radius 3 is 2.19 bits per heavy atom. The molecule has 1 fully saturated rings. The van der Waals surface area contributed by atoms with E-state index in [4.69, 9.17) is 18.4 Å². The van der Waals surface area contributed by atoms with E-state index < -0.39 is 16.5 Å². The topological polar surface area (TPSA) is 104 Å². The predicted octanol–water partition coefficient (Wildman–Crippen LogP) is 3.61. The van der Waals surface area contributed by atoms with Crippen molar-refractivity contribution in [3.63, 3.8) is 0 Å². The van der Waals surface area contributed by atoms with Gasteiger partial charge in [-0.1, -0.05) is 30.3 Å². The predicted molar refractivity (Wildman–Crippen MR) is 149 cm³/mol. The number of nitrogens with zero attached hydrogens (tertiary/aromatic N) is 2. The van der Waals surface area contributed by atoms with E-state index in [-0.39, 0.29) is 69.6 Å². The molecular weight excluding hydrogens is 581 g/mol. The summed E-state index contributed by atoms with van der Waals surface area (Å²) in [5.74, 6) is -0.823. The van der Waals surface area contributed by atoms with E-state index in [0.717, 1.165) is 5.69 Å². The Morgan fingerprint density at radius 1 is 0.905 bits per heavy atom. The van der Waals surface area contributed by atoms with Crippen molar-refractivity contribution in [2.75, 3.05) is 70.7 Å². The molecule has 0 aromatic heterocycles. The number of rotatable bonds is 17. The number of anilines is 1. The van der Waals surface area contributed by atoms with Crippen molar-refractivity contribution >= 4 is 21.8 Å². The Morgan fingerprint density at radius 2 is 1.55 bits per heavy atom. The van der Waals surface area contributed by atoms with E-state index in [2.05, 4.69) is 9.64 Å². The van der Waals surface area contributed by atoms with E-state index in [1.54, 1.807) is 49.4 Å². The summed E-state index contributed by atoms with van der Waals surface area (Å²) in [6.07, 6.45) is -4.60. The van der Waals surface area contributed by atoms with Crippen LogP contribution in [0.1, 0.15) is 18.9 Å². The van der Waals surface area contributed by atoms with Gasteiger partial charge in [0.1, 0.15) is 11.5 Å². The van der Waals surface area contributed by atoms with Gasteiger partial charge in [-0.05, 0) is 36.8 Å². The van der Waals surface area contributed by atoms with Crippen LogP contribution in [-0.4, -0.2) is 97.5 Å². The fourth-order valence-corrected chi connectivity index (χ4v) is 5.39. The summed E-state index contributed by atoms with van der Waals surface area (Å²) in [6.45, 7) is 5.12. The molecule has 3 rings (SSSR count). The highest BCUT2D eigenvalue weighted by Gasteiger charge is 2.31. The molecule has 14 heteroatoms. The molecule has 1 saturated heterocycles. The Bertz CT molecular complexity index is 1180. The van der Waals surface area contributed by atoms with Gasteiger partial charge >= 0.3 is 12.3 Å². The summed E-state index contributed by atoms with van der Waals surface area (Å²) in [7, 11) is -3.71. The lowest BCUT2D eigenvalue weighted by molar-refractivity contribution is -0.274. The number of ether oxygens (including phenoxy) is 4. The molecule has 0 radical (unpaired) electrons. The van der Waals surface area contributed by atoms with Gasteiger partial charge in [-0.25, -0.2) is 0 Å². The summed E-state index contributed by atoms with van der Waals surface area (Å²) in [5, 5.41) is 0. The summed E-state index contributed by atoms with van der Waals surface area (Å²) in [5.41, 5.74) is 1.41. The molecule has 2 aromatic carbocycles. The van der Waals surface area contributed by atoms with Gasteiger partial charge in [-0.3, -0.25) is 13.9 Å². The summed E-state index contributed by atoms with van der Waals surface area (Å²) < 4.78 is 86.6. The lowest BCUT2D eigenvalue weighted by Crippen LogP contribution is -2.52. The molecule has 1 atom stereocenters. The van der Waals surface area contributed by atoms with Crippen LogP contribution in [-0.2, 0) is 39.1 Å². The highest BCUT2D eigenvalue weighted by atomic mass is 32.2. The number of halogens is 3. The molecular formula is C28H37F3N2O8S. The third-order valence-corrected chi connectivity index (χ3v) is 7.55. The molecule has 0 bridgehead atoms. The third-order valence-electron chi connectivity index (χ3n) is 6.33. The van der Waals surface area contributed by atoms with Crippen molar-refractivity contribution < 1.29 is 49.5 Å². The van der Waals surface area contributed by atoms with E-state index in [1.807, 2.05) is 4.90 Å². The minimum atomic E-state index is -4.74. The van der Waals surface area contributed by atoms with Gasteiger partial charge in [0.05, 0.1) is 46.1 Å². The molecule has 234 valence electrons. The van der Waals surface area contributed by atoms with Crippen molar-refractivity contribution in [3.8, 4) is 5.75 Å². The molecule has 10 nitrogen and oxygen atoms in total. The van der Waals surface area contributed by atoms with Gasteiger partial charge in [-0.2, -0.15) is 8.42 Å². The fraction of sp³-hybridized carbons (Fsp3) is 0.536. The van der Waals surface area contributed by atoms with Crippen LogP contribution in [0.25, 0.3) is 0 Å². The van der Waals surface area contributed by atoms with E-state index in [1.165, 1.54) is 12.1 Å². The molecule has 0 N–H and O–H groups in total. The first-order valence-electron chi connectivity index (χ1n) is 13.6. The number of hydrogen-bond acceptors (Lipinski definition) is 10. The van der Waals surface area contributed by atoms with E-state index in [0.29, 0.717) is 31.7 Å². The largest absolute Gasteiger partial charge is 0.573 e. The number of carbonyl (C=O) groups excluding carboxylic acids is 1. The Balaban J connectivity index is 1.38. The van der Waals surface area contributed by atoms with Crippen LogP contribution in [0.15, 0.2) is 54.6 Å². The van der Waals surface area contributed by atoms with Gasteiger partial charge in [-0.15, -0.1) is 13.2 Å². The monoisotopic (exact) mass is 618 g/mol. The van der Waals surface area contributed by atoms with Gasteiger partial charge in [0.15, 0.2) is 0 Å². The number of piperazine rings is 1. The molecule has 1 heterocycles. The van der Waals surface area contributed by atoms with Crippen LogP contribution < -0.4 is 9.64 Å². The van der Waals surface area contributed by atoms with Crippen LogP contribution in [0.4, 0.5) is 18.9 Å². The molecule has 0 saturated carbocycles. The zero-order valence-corrected chi connectivity index (χ0v) is 24.3. The van der Waals surface area contributed by atoms with E-state index >= 15 is 0 Å². The summed E-state index contributed by atoms with van der Waals surface area (Å²) in [6, 6.07) is 14.2. The molecule has 2 aromatic rings. The normalized spacial score (nSPS) is 15.4. The van der Waals surface area contributed by atoms with Gasteiger partial charge in [0, 0.05) is 37.9 Å². The lowest BCUT2D eigenvalue weighted by atomic mass is 10.1. The SMILES string of the molecule is CCOC(=O)CC(COCCOCCOS(=O)(=O)Cc1ccccc1)N1CCN(c2ccc(OC(F)(F)F)cc2)CC1. The molecule has 0 aliphatic carbocycles. The molecule has 1 unspecified atom stereocenters. The maximum Gasteiger partial charge on any atom is 0.573 e. The first kappa shape index (κ1) is 33.6. The minimum Gasteiger partial charge on any atom is -0.466 e. The molecule has 0 spiro atoms. The maximum absolute atomic E-state index is 12.4. The molecule has 1 aliphatic rings. The first-order chi connectivity index (χ1) is 20.0. The quantitative estimate of drug-likeness (QED) is 0.148. The van der Waals surface area contributed by atoms with Crippen LogP contribution >= 0.6 is 0 Å². The zero-order valence-electron chi connectivity index (χ0n) is 23.5. The number of benzene rings is 2. The minimum absolute atomic E-state index is 0.0783. The van der Waals surface area contributed by atoms with Gasteiger partial charge in [0.2, 0.25) is 0 Å². The van der Waals surface area contributed by atoms with Gasteiger partial charge < -0.3 is 23.8 Å². The average molecular weight is 619 g/mol. The highest BCUT2D eigenvalue weighted by Crippen LogP contribution is 2.26. The van der Waals surface area contributed by atoms with Crippen LogP contribution in [0.2, 0.25) is 0 Å². The molecule has 1 aliphatic heterocycles. The van der Waals surface area contributed by atoms with Crippen molar-refractivity contribution in [2.24, 2.45) is 0 Å². The van der Waals surface area contributed by atoms with E-state index in [9.17, 15) is 26.4 Å². The maximum atomic E-state index is 12.4. The summed E-state index contributed by atoms with van der Waals surface area (Å²) >= 11 is 0. The zero-order chi connectivity index (χ0) is 30.4. The second kappa shape index (κ2) is 16.7. The van der Waals surface area contributed by atoms with Crippen molar-refractivity contribution in [1.29, 1.82) is 0 Å².